The molecule has 0 spiro atoms. The van der Waals surface area contributed by atoms with Crippen molar-refractivity contribution >= 4 is 0 Å². The predicted octanol–water partition coefficient (Wildman–Crippen LogP) is 2.06. The zero-order valence-electron chi connectivity index (χ0n) is 10.6. The Morgan fingerprint density at radius 1 is 0.933 bits per heavy atom. The van der Waals surface area contributed by atoms with Gasteiger partial charge in [-0.25, -0.2) is 0 Å². The Bertz CT molecular complexity index is 195. The van der Waals surface area contributed by atoms with E-state index < -0.39 is 0 Å². The normalized spacial score (nSPS) is 25.8. The van der Waals surface area contributed by atoms with Crippen LogP contribution in [-0.2, 0) is 0 Å². The molecule has 88 valence electrons. The van der Waals surface area contributed by atoms with E-state index >= 15 is 0 Å². The molecule has 2 aliphatic rings. The van der Waals surface area contributed by atoms with Crippen LogP contribution in [-0.4, -0.2) is 49.1 Å². The number of hydrogen-bond donors (Lipinski definition) is 0. The van der Waals surface area contributed by atoms with E-state index in [2.05, 4.69) is 30.6 Å². The summed E-state index contributed by atoms with van der Waals surface area (Å²) >= 11 is 0. The maximum Gasteiger partial charge on any atom is 0.0110 e. The quantitative estimate of drug-likeness (QED) is 0.703. The average molecular weight is 210 g/mol. The largest absolute Gasteiger partial charge is 0.301 e. The van der Waals surface area contributed by atoms with Crippen molar-refractivity contribution in [3.8, 4) is 0 Å². The Labute approximate surface area is 94.6 Å². The van der Waals surface area contributed by atoms with Crippen molar-refractivity contribution in [3.05, 3.63) is 0 Å². The lowest BCUT2D eigenvalue weighted by atomic mass is 9.96. The van der Waals surface area contributed by atoms with E-state index in [0.717, 1.165) is 5.92 Å². The first-order valence-corrected chi connectivity index (χ1v) is 6.48. The summed E-state index contributed by atoms with van der Waals surface area (Å²) < 4.78 is 0. The summed E-state index contributed by atoms with van der Waals surface area (Å²) in [6.45, 7) is 14.8. The fourth-order valence-corrected chi connectivity index (χ4v) is 2.47. The van der Waals surface area contributed by atoms with Gasteiger partial charge in [0.25, 0.3) is 0 Å². The van der Waals surface area contributed by atoms with Gasteiger partial charge < -0.3 is 9.80 Å². The lowest BCUT2D eigenvalue weighted by molar-refractivity contribution is 0.0996. The zero-order valence-corrected chi connectivity index (χ0v) is 10.6. The minimum atomic E-state index is 0.457. The summed E-state index contributed by atoms with van der Waals surface area (Å²) in [7, 11) is 0. The SMILES string of the molecule is CC(C)(C)CN1CCN(CC2CC2)CC1. The average Bonchev–Trinajstić information content (AvgIpc) is 2.90. The van der Waals surface area contributed by atoms with Crippen LogP contribution in [0.25, 0.3) is 0 Å². The minimum Gasteiger partial charge on any atom is -0.301 e. The van der Waals surface area contributed by atoms with Crippen molar-refractivity contribution in [2.24, 2.45) is 11.3 Å². The Kier molecular flexibility index (Phi) is 3.36. The Morgan fingerprint density at radius 3 is 1.93 bits per heavy atom. The summed E-state index contributed by atoms with van der Waals surface area (Å²) in [5, 5.41) is 0. The van der Waals surface area contributed by atoms with E-state index in [1.54, 1.807) is 0 Å². The standard InChI is InChI=1S/C13H26N2/c1-13(2,3)11-15-8-6-14(7-9-15)10-12-4-5-12/h12H,4-11H2,1-3H3. The summed E-state index contributed by atoms with van der Waals surface area (Å²) in [6, 6.07) is 0. The van der Waals surface area contributed by atoms with Gasteiger partial charge >= 0.3 is 0 Å². The van der Waals surface area contributed by atoms with Crippen molar-refractivity contribution in [1.29, 1.82) is 0 Å². The molecular weight excluding hydrogens is 184 g/mol. The van der Waals surface area contributed by atoms with Gasteiger partial charge in [-0.2, -0.15) is 0 Å². The molecule has 0 aromatic rings. The predicted molar refractivity (Wildman–Crippen MR) is 65.1 cm³/mol. The molecule has 0 unspecified atom stereocenters. The van der Waals surface area contributed by atoms with E-state index in [9.17, 15) is 0 Å². The van der Waals surface area contributed by atoms with Crippen LogP contribution >= 0.6 is 0 Å². The van der Waals surface area contributed by atoms with Crippen LogP contribution in [0, 0.1) is 11.3 Å². The maximum absolute atomic E-state index is 2.66. The Morgan fingerprint density at radius 2 is 1.47 bits per heavy atom. The van der Waals surface area contributed by atoms with Gasteiger partial charge in [-0.3, -0.25) is 0 Å². The molecule has 0 aromatic heterocycles. The molecule has 0 N–H and O–H groups in total. The molecule has 0 atom stereocenters. The molecule has 1 saturated carbocycles. The third-order valence-electron chi connectivity index (χ3n) is 3.38. The molecule has 2 rings (SSSR count). The van der Waals surface area contributed by atoms with Gasteiger partial charge in [0.1, 0.15) is 0 Å². The summed E-state index contributed by atoms with van der Waals surface area (Å²) in [6.07, 6.45) is 2.98. The van der Waals surface area contributed by atoms with Crippen molar-refractivity contribution in [2.45, 2.75) is 33.6 Å². The number of hydrogen-bond acceptors (Lipinski definition) is 2. The van der Waals surface area contributed by atoms with Crippen molar-refractivity contribution < 1.29 is 0 Å². The van der Waals surface area contributed by atoms with Crippen LogP contribution < -0.4 is 0 Å². The molecular formula is C13H26N2. The van der Waals surface area contributed by atoms with E-state index in [1.807, 2.05) is 0 Å². The van der Waals surface area contributed by atoms with Gasteiger partial charge in [0.05, 0.1) is 0 Å². The van der Waals surface area contributed by atoms with Crippen molar-refractivity contribution in [1.82, 2.24) is 9.80 Å². The van der Waals surface area contributed by atoms with Gasteiger partial charge in [0, 0.05) is 39.3 Å². The smallest absolute Gasteiger partial charge is 0.0110 e. The first-order chi connectivity index (χ1) is 7.03. The molecule has 1 saturated heterocycles. The molecule has 2 fully saturated rings. The minimum absolute atomic E-state index is 0.457. The molecule has 1 heterocycles. The lowest BCUT2D eigenvalue weighted by Gasteiger charge is -2.37. The third kappa shape index (κ3) is 4.12. The summed E-state index contributed by atoms with van der Waals surface area (Å²) in [4.78, 5) is 5.29. The number of rotatable bonds is 3. The van der Waals surface area contributed by atoms with Gasteiger partial charge in [-0.1, -0.05) is 20.8 Å². The maximum atomic E-state index is 2.66. The van der Waals surface area contributed by atoms with Gasteiger partial charge in [-0.05, 0) is 24.2 Å². The highest BCUT2D eigenvalue weighted by Gasteiger charge is 2.27. The van der Waals surface area contributed by atoms with Gasteiger partial charge in [0.15, 0.2) is 0 Å². The van der Waals surface area contributed by atoms with E-state index in [1.165, 1.54) is 52.1 Å². The molecule has 0 radical (unpaired) electrons. The molecule has 0 bridgehead atoms. The molecule has 0 aromatic carbocycles. The number of piperazine rings is 1. The molecule has 15 heavy (non-hydrogen) atoms. The number of nitrogens with zero attached hydrogens (tertiary/aromatic N) is 2. The molecule has 0 amide bonds. The van der Waals surface area contributed by atoms with Gasteiger partial charge in [-0.15, -0.1) is 0 Å². The van der Waals surface area contributed by atoms with Gasteiger partial charge in [0.2, 0.25) is 0 Å². The fourth-order valence-electron chi connectivity index (χ4n) is 2.47. The Balaban J connectivity index is 1.67. The second kappa shape index (κ2) is 4.42. The highest BCUT2D eigenvalue weighted by atomic mass is 15.3. The highest BCUT2D eigenvalue weighted by Crippen LogP contribution is 2.30. The molecule has 2 heteroatoms. The first-order valence-electron chi connectivity index (χ1n) is 6.48. The van der Waals surface area contributed by atoms with E-state index in [0.29, 0.717) is 5.41 Å². The third-order valence-corrected chi connectivity index (χ3v) is 3.38. The van der Waals surface area contributed by atoms with Crippen molar-refractivity contribution in [2.75, 3.05) is 39.3 Å². The Hall–Kier alpha value is -0.0800. The fraction of sp³-hybridized carbons (Fsp3) is 1.00. The molecule has 1 aliphatic carbocycles. The van der Waals surface area contributed by atoms with Crippen LogP contribution in [0.1, 0.15) is 33.6 Å². The topological polar surface area (TPSA) is 6.48 Å². The second-order valence-corrected chi connectivity index (χ2v) is 6.58. The molecule has 2 nitrogen and oxygen atoms in total. The highest BCUT2D eigenvalue weighted by molar-refractivity contribution is 4.81. The second-order valence-electron chi connectivity index (χ2n) is 6.58. The molecule has 1 aliphatic heterocycles. The summed E-state index contributed by atoms with van der Waals surface area (Å²) in [5.41, 5.74) is 0.457. The van der Waals surface area contributed by atoms with Crippen LogP contribution in [0.5, 0.6) is 0 Å². The van der Waals surface area contributed by atoms with E-state index in [-0.39, 0.29) is 0 Å². The van der Waals surface area contributed by atoms with Crippen molar-refractivity contribution in [3.63, 3.8) is 0 Å². The van der Waals surface area contributed by atoms with Crippen LogP contribution in [0.3, 0.4) is 0 Å². The first kappa shape index (κ1) is 11.4. The summed E-state index contributed by atoms with van der Waals surface area (Å²) in [5.74, 6) is 1.05. The van der Waals surface area contributed by atoms with E-state index in [4.69, 9.17) is 0 Å². The van der Waals surface area contributed by atoms with Crippen LogP contribution in [0.4, 0.5) is 0 Å². The van der Waals surface area contributed by atoms with Crippen LogP contribution in [0.2, 0.25) is 0 Å². The zero-order chi connectivity index (χ0) is 10.9. The van der Waals surface area contributed by atoms with Crippen LogP contribution in [0.15, 0.2) is 0 Å². The lowest BCUT2D eigenvalue weighted by Crippen LogP contribution is -2.49. The monoisotopic (exact) mass is 210 g/mol.